The highest BCUT2D eigenvalue weighted by Crippen LogP contribution is 2.23. The first kappa shape index (κ1) is 18.4. The molecule has 1 heterocycles. The lowest BCUT2D eigenvalue weighted by molar-refractivity contribution is -0.118. The molecule has 0 radical (unpaired) electrons. The Morgan fingerprint density at radius 3 is 2.44 bits per heavy atom. The molecule has 6 nitrogen and oxygen atoms in total. The maximum atomic E-state index is 12.5. The third-order valence-electron chi connectivity index (χ3n) is 4.08. The van der Waals surface area contributed by atoms with Gasteiger partial charge in [-0.25, -0.2) is 0 Å². The van der Waals surface area contributed by atoms with E-state index < -0.39 is 5.91 Å². The van der Waals surface area contributed by atoms with Gasteiger partial charge >= 0.3 is 0 Å². The third kappa shape index (κ3) is 4.41. The molecule has 138 valence electrons. The predicted octanol–water partition coefficient (Wildman–Crippen LogP) is 4.50. The Bertz CT molecular complexity index is 962. The highest BCUT2D eigenvalue weighted by atomic mass is 16.5. The Morgan fingerprint density at radius 1 is 1.00 bits per heavy atom. The number of carbonyl (C=O) groups excluding carboxylic acids is 2. The maximum absolute atomic E-state index is 12.5. The van der Waals surface area contributed by atoms with Crippen molar-refractivity contribution in [3.8, 4) is 11.3 Å². The zero-order chi connectivity index (χ0) is 19.4. The van der Waals surface area contributed by atoms with E-state index in [1.807, 2.05) is 57.2 Å². The van der Waals surface area contributed by atoms with Gasteiger partial charge in [-0.1, -0.05) is 55.4 Å². The summed E-state index contributed by atoms with van der Waals surface area (Å²) in [5.41, 5.74) is 3.55. The van der Waals surface area contributed by atoms with E-state index in [1.54, 1.807) is 18.2 Å². The Labute approximate surface area is 157 Å². The van der Waals surface area contributed by atoms with Gasteiger partial charge in [-0.3, -0.25) is 9.59 Å². The summed E-state index contributed by atoms with van der Waals surface area (Å²) in [6, 6.07) is 16.4. The number of amides is 2. The molecule has 0 aliphatic carbocycles. The second kappa shape index (κ2) is 7.86. The van der Waals surface area contributed by atoms with Crippen LogP contribution in [-0.2, 0) is 4.79 Å². The van der Waals surface area contributed by atoms with Crippen molar-refractivity contribution in [2.75, 3.05) is 10.6 Å². The Morgan fingerprint density at radius 2 is 1.74 bits per heavy atom. The van der Waals surface area contributed by atoms with E-state index in [2.05, 4.69) is 15.8 Å². The van der Waals surface area contributed by atoms with Gasteiger partial charge in [0.1, 0.15) is 5.69 Å². The molecule has 6 heteroatoms. The molecule has 2 aromatic carbocycles. The number of hydrogen-bond acceptors (Lipinski definition) is 4. The van der Waals surface area contributed by atoms with Crippen LogP contribution in [-0.4, -0.2) is 17.0 Å². The van der Waals surface area contributed by atoms with Crippen LogP contribution in [0.25, 0.3) is 11.3 Å². The van der Waals surface area contributed by atoms with Crippen molar-refractivity contribution >= 4 is 23.2 Å². The van der Waals surface area contributed by atoms with Crippen molar-refractivity contribution in [1.82, 2.24) is 5.16 Å². The van der Waals surface area contributed by atoms with Crippen LogP contribution in [0.3, 0.4) is 0 Å². The van der Waals surface area contributed by atoms with Crippen molar-refractivity contribution in [1.29, 1.82) is 0 Å². The minimum Gasteiger partial charge on any atom is -0.350 e. The highest BCUT2D eigenvalue weighted by Gasteiger charge is 2.16. The molecule has 27 heavy (non-hydrogen) atoms. The summed E-state index contributed by atoms with van der Waals surface area (Å²) in [5, 5.41) is 9.59. The van der Waals surface area contributed by atoms with E-state index in [9.17, 15) is 9.59 Å². The van der Waals surface area contributed by atoms with Gasteiger partial charge in [0.15, 0.2) is 0 Å². The molecule has 1 aromatic heterocycles. The van der Waals surface area contributed by atoms with Crippen molar-refractivity contribution in [2.45, 2.75) is 20.8 Å². The lowest BCUT2D eigenvalue weighted by Crippen LogP contribution is -2.18. The quantitative estimate of drug-likeness (QED) is 0.699. The molecule has 3 aromatic rings. The van der Waals surface area contributed by atoms with Crippen LogP contribution in [0.1, 0.15) is 30.0 Å². The first-order valence-electron chi connectivity index (χ1n) is 8.69. The average Bonchev–Trinajstić information content (AvgIpc) is 3.15. The van der Waals surface area contributed by atoms with Crippen LogP contribution >= 0.6 is 0 Å². The number of rotatable bonds is 5. The summed E-state index contributed by atoms with van der Waals surface area (Å²) in [6.45, 7) is 5.51. The van der Waals surface area contributed by atoms with E-state index >= 15 is 0 Å². The maximum Gasteiger partial charge on any atom is 0.294 e. The first-order valence-corrected chi connectivity index (χ1v) is 8.69. The van der Waals surface area contributed by atoms with Gasteiger partial charge in [0.2, 0.25) is 11.7 Å². The SMILES string of the molecule is Cc1ccc(NC(=O)C(C)C)cc1NC(=O)c1cc(-c2ccccc2)no1. The Balaban J connectivity index is 1.76. The summed E-state index contributed by atoms with van der Waals surface area (Å²) >= 11 is 0. The van der Waals surface area contributed by atoms with Crippen LogP contribution in [0.4, 0.5) is 11.4 Å². The van der Waals surface area contributed by atoms with E-state index in [1.165, 1.54) is 0 Å². The summed E-state index contributed by atoms with van der Waals surface area (Å²) in [6.07, 6.45) is 0. The van der Waals surface area contributed by atoms with E-state index in [0.29, 0.717) is 17.1 Å². The van der Waals surface area contributed by atoms with Crippen LogP contribution in [0, 0.1) is 12.8 Å². The normalized spacial score (nSPS) is 10.7. The molecule has 0 aliphatic heterocycles. The Hall–Kier alpha value is -3.41. The standard InChI is InChI=1S/C21H21N3O3/c1-13(2)20(25)22-16-10-9-14(3)17(11-16)23-21(26)19-12-18(24-27-19)15-7-5-4-6-8-15/h4-13H,1-3H3,(H,22,25)(H,23,26). The van der Waals surface area contributed by atoms with Gasteiger partial charge in [0, 0.05) is 28.9 Å². The van der Waals surface area contributed by atoms with Crippen LogP contribution in [0.15, 0.2) is 59.1 Å². The van der Waals surface area contributed by atoms with Crippen molar-refractivity contribution in [3.05, 3.63) is 65.9 Å². The average molecular weight is 363 g/mol. The number of carbonyl (C=O) groups is 2. The lowest BCUT2D eigenvalue weighted by atomic mass is 10.1. The van der Waals surface area contributed by atoms with Gasteiger partial charge < -0.3 is 15.2 Å². The summed E-state index contributed by atoms with van der Waals surface area (Å²) < 4.78 is 5.19. The zero-order valence-corrected chi connectivity index (χ0v) is 15.4. The van der Waals surface area contributed by atoms with Crippen molar-refractivity contribution in [2.24, 2.45) is 5.92 Å². The molecular formula is C21H21N3O3. The molecule has 0 spiro atoms. The fraction of sp³-hybridized carbons (Fsp3) is 0.190. The lowest BCUT2D eigenvalue weighted by Gasteiger charge is -2.12. The predicted molar refractivity (Wildman–Crippen MR) is 105 cm³/mol. The molecule has 0 saturated carbocycles. The fourth-order valence-corrected chi connectivity index (χ4v) is 2.43. The minimum atomic E-state index is -0.403. The van der Waals surface area contributed by atoms with Gasteiger partial charge in [-0.2, -0.15) is 0 Å². The Kier molecular flexibility index (Phi) is 5.35. The molecular weight excluding hydrogens is 342 g/mol. The van der Waals surface area contributed by atoms with Gasteiger partial charge in [0.25, 0.3) is 5.91 Å². The van der Waals surface area contributed by atoms with E-state index in [0.717, 1.165) is 11.1 Å². The zero-order valence-electron chi connectivity index (χ0n) is 15.4. The molecule has 0 saturated heterocycles. The third-order valence-corrected chi connectivity index (χ3v) is 4.08. The topological polar surface area (TPSA) is 84.2 Å². The van der Waals surface area contributed by atoms with Crippen LogP contribution < -0.4 is 10.6 Å². The summed E-state index contributed by atoms with van der Waals surface area (Å²) in [5.74, 6) is -0.501. The van der Waals surface area contributed by atoms with Crippen LogP contribution in [0.2, 0.25) is 0 Å². The number of nitrogens with one attached hydrogen (secondary N) is 2. The number of aryl methyl sites for hydroxylation is 1. The van der Waals surface area contributed by atoms with Crippen molar-refractivity contribution < 1.29 is 14.1 Å². The fourth-order valence-electron chi connectivity index (χ4n) is 2.43. The second-order valence-electron chi connectivity index (χ2n) is 6.57. The van der Waals surface area contributed by atoms with Gasteiger partial charge in [-0.05, 0) is 24.6 Å². The summed E-state index contributed by atoms with van der Waals surface area (Å²) in [7, 11) is 0. The molecule has 0 fully saturated rings. The van der Waals surface area contributed by atoms with E-state index in [4.69, 9.17) is 4.52 Å². The highest BCUT2D eigenvalue weighted by molar-refractivity contribution is 6.03. The molecule has 0 atom stereocenters. The van der Waals surface area contributed by atoms with E-state index in [-0.39, 0.29) is 17.6 Å². The van der Waals surface area contributed by atoms with Gasteiger partial charge in [-0.15, -0.1) is 0 Å². The number of benzene rings is 2. The van der Waals surface area contributed by atoms with Crippen LogP contribution in [0.5, 0.6) is 0 Å². The smallest absolute Gasteiger partial charge is 0.294 e. The molecule has 2 amide bonds. The second-order valence-corrected chi connectivity index (χ2v) is 6.57. The van der Waals surface area contributed by atoms with Gasteiger partial charge in [0.05, 0.1) is 0 Å². The molecule has 2 N–H and O–H groups in total. The largest absolute Gasteiger partial charge is 0.350 e. The summed E-state index contributed by atoms with van der Waals surface area (Å²) in [4.78, 5) is 24.4. The number of hydrogen-bond donors (Lipinski definition) is 2. The number of aromatic nitrogens is 1. The molecule has 3 rings (SSSR count). The van der Waals surface area contributed by atoms with Crippen molar-refractivity contribution in [3.63, 3.8) is 0 Å². The monoisotopic (exact) mass is 363 g/mol. The first-order chi connectivity index (χ1) is 12.9. The molecule has 0 unspecified atom stereocenters. The minimum absolute atomic E-state index is 0.0844. The number of anilines is 2. The molecule has 0 bridgehead atoms. The molecule has 0 aliphatic rings. The number of nitrogens with zero attached hydrogens (tertiary/aromatic N) is 1.